The Morgan fingerprint density at radius 3 is 2.46 bits per heavy atom. The van der Waals surface area contributed by atoms with Crippen molar-refractivity contribution in [2.45, 2.75) is 39.2 Å². The summed E-state index contributed by atoms with van der Waals surface area (Å²) in [6.07, 6.45) is 3.32. The number of carbonyl (C=O) groups excluding carboxylic acids is 2. The molecule has 2 atom stereocenters. The Labute approximate surface area is 143 Å². The molecular formula is C19H27N3O2. The van der Waals surface area contributed by atoms with Crippen LogP contribution in [0.15, 0.2) is 24.3 Å². The summed E-state index contributed by atoms with van der Waals surface area (Å²) in [7, 11) is 0. The van der Waals surface area contributed by atoms with E-state index in [1.807, 2.05) is 12.1 Å². The van der Waals surface area contributed by atoms with Crippen molar-refractivity contribution >= 4 is 17.5 Å². The van der Waals surface area contributed by atoms with Crippen LogP contribution in [0.4, 0.5) is 5.69 Å². The van der Waals surface area contributed by atoms with E-state index in [0.717, 1.165) is 25.9 Å². The summed E-state index contributed by atoms with van der Waals surface area (Å²) in [6.45, 7) is 6.77. The number of likely N-dealkylation sites (tertiary alicyclic amines) is 1. The molecule has 2 unspecified atom stereocenters. The molecule has 1 aliphatic heterocycles. The Morgan fingerprint density at radius 2 is 1.79 bits per heavy atom. The summed E-state index contributed by atoms with van der Waals surface area (Å²) in [5.41, 5.74) is 1.14. The Bertz CT molecular complexity index is 602. The maximum absolute atomic E-state index is 12.4. The topological polar surface area (TPSA) is 61.4 Å². The van der Waals surface area contributed by atoms with Gasteiger partial charge in [0.15, 0.2) is 0 Å². The summed E-state index contributed by atoms with van der Waals surface area (Å²) in [5, 5.41) is 5.90. The first kappa shape index (κ1) is 17.0. The van der Waals surface area contributed by atoms with E-state index in [1.54, 1.807) is 12.1 Å². The zero-order chi connectivity index (χ0) is 17.1. The van der Waals surface area contributed by atoms with Crippen LogP contribution in [0, 0.1) is 11.8 Å². The van der Waals surface area contributed by atoms with Gasteiger partial charge < -0.3 is 10.6 Å². The lowest BCUT2D eigenvalue weighted by Crippen LogP contribution is -2.43. The molecule has 1 saturated carbocycles. The van der Waals surface area contributed by atoms with E-state index < -0.39 is 0 Å². The molecule has 2 amide bonds. The molecule has 0 radical (unpaired) electrons. The van der Waals surface area contributed by atoms with Crippen LogP contribution in [0.25, 0.3) is 0 Å². The molecular weight excluding hydrogens is 302 g/mol. The Hall–Kier alpha value is -1.88. The van der Waals surface area contributed by atoms with Crippen LogP contribution in [0.5, 0.6) is 0 Å². The lowest BCUT2D eigenvalue weighted by molar-refractivity contribution is -0.117. The van der Waals surface area contributed by atoms with Crippen LogP contribution in [0.3, 0.4) is 0 Å². The average Bonchev–Trinajstić information content (AvgIpc) is 3.30. The van der Waals surface area contributed by atoms with Crippen LogP contribution >= 0.6 is 0 Å². The number of benzene rings is 1. The quantitative estimate of drug-likeness (QED) is 0.872. The smallest absolute Gasteiger partial charge is 0.253 e. The minimum Gasteiger partial charge on any atom is -0.349 e. The van der Waals surface area contributed by atoms with Crippen LogP contribution in [-0.4, -0.2) is 42.4 Å². The van der Waals surface area contributed by atoms with Crippen molar-refractivity contribution in [2.75, 3.05) is 25.0 Å². The summed E-state index contributed by atoms with van der Waals surface area (Å²) in [4.78, 5) is 26.9. The maximum atomic E-state index is 12.4. The molecule has 2 N–H and O–H groups in total. The van der Waals surface area contributed by atoms with Gasteiger partial charge in [-0.15, -0.1) is 0 Å². The van der Waals surface area contributed by atoms with Gasteiger partial charge >= 0.3 is 0 Å². The second-order valence-corrected chi connectivity index (χ2v) is 7.48. The van der Waals surface area contributed by atoms with Crippen LogP contribution in [0.2, 0.25) is 0 Å². The molecule has 1 aliphatic carbocycles. The average molecular weight is 329 g/mol. The Balaban J connectivity index is 1.60. The number of carbonyl (C=O) groups is 2. The molecule has 1 saturated heterocycles. The highest BCUT2D eigenvalue weighted by Gasteiger charge is 2.26. The molecule has 3 rings (SSSR count). The van der Waals surface area contributed by atoms with Gasteiger partial charge in [0.1, 0.15) is 0 Å². The molecule has 2 aliphatic rings. The largest absolute Gasteiger partial charge is 0.349 e. The van der Waals surface area contributed by atoms with Crippen LogP contribution < -0.4 is 10.6 Å². The third-order valence-electron chi connectivity index (χ3n) is 4.67. The fourth-order valence-electron chi connectivity index (χ4n) is 3.59. The number of hydrogen-bond acceptors (Lipinski definition) is 3. The standard InChI is InChI=1S/C19H27N3O2/c1-13-9-14(2)11-22(10-13)12-18(23)21-17-6-4-3-5-16(17)19(24)20-15-7-8-15/h3-6,13-15H,7-12H2,1-2H3,(H,20,24)(H,21,23). The van der Waals surface area contributed by atoms with Crippen molar-refractivity contribution in [1.82, 2.24) is 10.2 Å². The maximum Gasteiger partial charge on any atom is 0.253 e. The minimum absolute atomic E-state index is 0.0528. The first-order chi connectivity index (χ1) is 11.5. The van der Waals surface area contributed by atoms with Crippen molar-refractivity contribution in [2.24, 2.45) is 11.8 Å². The highest BCUT2D eigenvalue weighted by Crippen LogP contribution is 2.22. The second kappa shape index (κ2) is 7.34. The number of nitrogens with one attached hydrogen (secondary N) is 2. The van der Waals surface area contributed by atoms with Gasteiger partial charge in [-0.1, -0.05) is 26.0 Å². The van der Waals surface area contributed by atoms with E-state index in [4.69, 9.17) is 0 Å². The monoisotopic (exact) mass is 329 g/mol. The van der Waals surface area contributed by atoms with E-state index in [9.17, 15) is 9.59 Å². The first-order valence-electron chi connectivity index (χ1n) is 8.93. The van der Waals surface area contributed by atoms with Crippen molar-refractivity contribution in [1.29, 1.82) is 0 Å². The fourth-order valence-corrected chi connectivity index (χ4v) is 3.59. The van der Waals surface area contributed by atoms with Crippen molar-refractivity contribution in [3.8, 4) is 0 Å². The normalized spacial score (nSPS) is 24.4. The molecule has 0 spiro atoms. The zero-order valence-corrected chi connectivity index (χ0v) is 14.5. The lowest BCUT2D eigenvalue weighted by atomic mass is 9.92. The molecule has 2 fully saturated rings. The summed E-state index contributed by atoms with van der Waals surface area (Å²) < 4.78 is 0. The van der Waals surface area contributed by atoms with Gasteiger partial charge in [0, 0.05) is 19.1 Å². The van der Waals surface area contributed by atoms with Gasteiger partial charge in [0.05, 0.1) is 17.8 Å². The van der Waals surface area contributed by atoms with Gasteiger partial charge in [-0.05, 0) is 43.2 Å². The van der Waals surface area contributed by atoms with Crippen molar-refractivity contribution in [3.05, 3.63) is 29.8 Å². The van der Waals surface area contributed by atoms with E-state index >= 15 is 0 Å². The number of hydrogen-bond donors (Lipinski definition) is 2. The molecule has 0 bridgehead atoms. The molecule has 0 aromatic heterocycles. The predicted octanol–water partition coefficient (Wildman–Crippen LogP) is 2.50. The van der Waals surface area contributed by atoms with Crippen LogP contribution in [-0.2, 0) is 4.79 Å². The van der Waals surface area contributed by atoms with Gasteiger partial charge in [-0.25, -0.2) is 0 Å². The number of anilines is 1. The van der Waals surface area contributed by atoms with E-state index in [0.29, 0.717) is 35.7 Å². The lowest BCUT2D eigenvalue weighted by Gasteiger charge is -2.34. The third-order valence-corrected chi connectivity index (χ3v) is 4.67. The number of amides is 2. The zero-order valence-electron chi connectivity index (χ0n) is 14.5. The molecule has 5 heteroatoms. The van der Waals surface area contributed by atoms with Crippen LogP contribution in [0.1, 0.15) is 43.5 Å². The van der Waals surface area contributed by atoms with E-state index in [-0.39, 0.29) is 11.8 Å². The molecule has 24 heavy (non-hydrogen) atoms. The summed E-state index contributed by atoms with van der Waals surface area (Å²) >= 11 is 0. The van der Waals surface area contributed by atoms with Crippen molar-refractivity contribution in [3.63, 3.8) is 0 Å². The molecule has 130 valence electrons. The number of rotatable bonds is 5. The fraction of sp³-hybridized carbons (Fsp3) is 0.579. The van der Waals surface area contributed by atoms with Gasteiger partial charge in [-0.3, -0.25) is 14.5 Å². The Morgan fingerprint density at radius 1 is 1.12 bits per heavy atom. The molecule has 5 nitrogen and oxygen atoms in total. The Kier molecular flexibility index (Phi) is 5.19. The molecule has 1 aromatic carbocycles. The second-order valence-electron chi connectivity index (χ2n) is 7.48. The number of nitrogens with zero attached hydrogens (tertiary/aromatic N) is 1. The SMILES string of the molecule is CC1CC(C)CN(CC(=O)Nc2ccccc2C(=O)NC2CC2)C1. The third kappa shape index (κ3) is 4.57. The van der Waals surface area contributed by atoms with Gasteiger partial charge in [0.2, 0.25) is 5.91 Å². The summed E-state index contributed by atoms with van der Waals surface area (Å²) in [5.74, 6) is 1.09. The van der Waals surface area contributed by atoms with Gasteiger partial charge in [-0.2, -0.15) is 0 Å². The van der Waals surface area contributed by atoms with E-state index in [2.05, 4.69) is 29.4 Å². The van der Waals surface area contributed by atoms with Crippen molar-refractivity contribution < 1.29 is 9.59 Å². The summed E-state index contributed by atoms with van der Waals surface area (Å²) in [6, 6.07) is 7.53. The minimum atomic E-state index is -0.103. The van der Waals surface area contributed by atoms with Gasteiger partial charge in [0.25, 0.3) is 5.91 Å². The highest BCUT2D eigenvalue weighted by atomic mass is 16.2. The highest BCUT2D eigenvalue weighted by molar-refractivity contribution is 6.04. The molecule has 1 heterocycles. The number of piperidine rings is 1. The first-order valence-corrected chi connectivity index (χ1v) is 8.93. The molecule has 1 aromatic rings. The number of para-hydroxylation sites is 1. The predicted molar refractivity (Wildman–Crippen MR) is 94.9 cm³/mol. The van der Waals surface area contributed by atoms with E-state index in [1.165, 1.54) is 6.42 Å².